The molecule has 1 aliphatic carbocycles. The highest BCUT2D eigenvalue weighted by Crippen LogP contribution is 2.51. The Labute approximate surface area is 245 Å². The highest BCUT2D eigenvalue weighted by molar-refractivity contribution is 5.99. The minimum atomic E-state index is -5.08. The van der Waals surface area contributed by atoms with Crippen molar-refractivity contribution in [2.75, 3.05) is 0 Å². The summed E-state index contributed by atoms with van der Waals surface area (Å²) in [7, 11) is 0. The van der Waals surface area contributed by atoms with Gasteiger partial charge in [-0.3, -0.25) is 19.5 Å². The molecule has 2 amide bonds. The lowest BCUT2D eigenvalue weighted by atomic mass is 9.89. The van der Waals surface area contributed by atoms with Gasteiger partial charge in [0, 0.05) is 30.3 Å². The van der Waals surface area contributed by atoms with Crippen molar-refractivity contribution in [3.63, 3.8) is 0 Å². The smallest absolute Gasteiger partial charge is 0.484 e. The highest BCUT2D eigenvalue weighted by atomic mass is 19.4. The number of amides is 2. The second-order valence-electron chi connectivity index (χ2n) is 12.0. The van der Waals surface area contributed by atoms with Gasteiger partial charge < -0.3 is 20.9 Å². The van der Waals surface area contributed by atoms with Gasteiger partial charge in [0.05, 0.1) is 24.0 Å². The number of alkyl halides is 3. The first-order valence-corrected chi connectivity index (χ1v) is 13.6. The van der Waals surface area contributed by atoms with E-state index in [-0.39, 0.29) is 47.8 Å². The summed E-state index contributed by atoms with van der Waals surface area (Å²) in [6.45, 7) is 7.51. The van der Waals surface area contributed by atoms with Crippen LogP contribution < -0.4 is 15.8 Å². The lowest BCUT2D eigenvalue weighted by Gasteiger charge is -2.38. The molecule has 5 rings (SSSR count). The molecule has 0 radical (unpaired) electrons. The van der Waals surface area contributed by atoms with Crippen molar-refractivity contribution in [1.29, 1.82) is 0 Å². The van der Waals surface area contributed by atoms with Crippen LogP contribution in [0.3, 0.4) is 0 Å². The Hall–Kier alpha value is -4.23. The summed E-state index contributed by atoms with van der Waals surface area (Å²) in [6, 6.07) is 7.64. The quantitative estimate of drug-likeness (QED) is 0.430. The second-order valence-corrected chi connectivity index (χ2v) is 12.0. The molecular formula is C29H33F4N5O5. The van der Waals surface area contributed by atoms with Crippen LogP contribution in [0.2, 0.25) is 0 Å². The van der Waals surface area contributed by atoms with Crippen LogP contribution in [0.25, 0.3) is 0 Å². The number of nitrogens with one attached hydrogen (secondary N) is 1. The van der Waals surface area contributed by atoms with Crippen molar-refractivity contribution < 1.29 is 41.8 Å². The Balaban J connectivity index is 0.000000541. The van der Waals surface area contributed by atoms with E-state index >= 15 is 0 Å². The van der Waals surface area contributed by atoms with Crippen molar-refractivity contribution in [3.8, 4) is 5.75 Å². The number of aliphatic carboxylic acids is 1. The highest BCUT2D eigenvalue weighted by Gasteiger charge is 2.53. The lowest BCUT2D eigenvalue weighted by molar-refractivity contribution is -0.192. The van der Waals surface area contributed by atoms with E-state index < -0.39 is 35.1 Å². The summed E-state index contributed by atoms with van der Waals surface area (Å²) < 4.78 is 52.1. The first-order valence-electron chi connectivity index (χ1n) is 13.6. The van der Waals surface area contributed by atoms with Crippen LogP contribution in [-0.4, -0.2) is 56.0 Å². The number of nitrogens with zero attached hydrogens (tertiary/aromatic N) is 3. The summed E-state index contributed by atoms with van der Waals surface area (Å²) >= 11 is 0. The molecule has 10 nitrogen and oxygen atoms in total. The minimum Gasteiger partial charge on any atom is -0.484 e. The third kappa shape index (κ3) is 7.23. The number of pyridine rings is 1. The van der Waals surface area contributed by atoms with Gasteiger partial charge in [-0.2, -0.15) is 13.2 Å². The molecular weight excluding hydrogens is 574 g/mol. The largest absolute Gasteiger partial charge is 0.490 e. The Morgan fingerprint density at radius 2 is 1.86 bits per heavy atom. The molecule has 0 spiro atoms. The number of carbonyl (C=O) groups is 3. The predicted molar refractivity (Wildman–Crippen MR) is 146 cm³/mol. The zero-order valence-electron chi connectivity index (χ0n) is 24.0. The molecule has 1 unspecified atom stereocenters. The molecule has 43 heavy (non-hydrogen) atoms. The fraction of sp³-hybridized carbons (Fsp3) is 0.483. The number of benzene rings is 1. The third-order valence-electron chi connectivity index (χ3n) is 7.41. The number of hydrogen-bond donors (Lipinski definition) is 3. The summed E-state index contributed by atoms with van der Waals surface area (Å²) in [5.41, 5.74) is 6.54. The number of guanidine groups is 1. The zero-order chi connectivity index (χ0) is 31.9. The van der Waals surface area contributed by atoms with E-state index in [4.69, 9.17) is 20.4 Å². The standard InChI is InChI=1S/C27H32FN5O3.C2HF3O2/c1-26(2)13-21(34)33(25(29)32-26)22(15-7-6-10-30-14-15)17-11-18(17)24(35)31-20-12-27(3,4)36-23-16(20)8-5-9-19(23)28;3-2(4,5)1(6)7/h5-10,14,17-18,20,22H,11-13H2,1-4H3,(H2,29,32)(H,31,35);(H,6,7)/t17-,18-,20?,22-;/m1./s1. The molecule has 1 fully saturated rings. The molecule has 1 saturated carbocycles. The molecule has 14 heteroatoms. The van der Waals surface area contributed by atoms with Gasteiger partial charge in [0.2, 0.25) is 11.8 Å². The summed E-state index contributed by atoms with van der Waals surface area (Å²) in [5.74, 6) is -3.58. The van der Waals surface area contributed by atoms with Gasteiger partial charge in [0.25, 0.3) is 0 Å². The van der Waals surface area contributed by atoms with Crippen LogP contribution in [-0.2, 0) is 14.4 Å². The maximum atomic E-state index is 14.5. The Bertz CT molecular complexity index is 1430. The summed E-state index contributed by atoms with van der Waals surface area (Å²) in [5, 5.41) is 10.3. The van der Waals surface area contributed by atoms with Crippen LogP contribution in [0.4, 0.5) is 17.6 Å². The first kappa shape index (κ1) is 31.7. The average molecular weight is 608 g/mol. The fourth-order valence-electron chi connectivity index (χ4n) is 5.52. The maximum absolute atomic E-state index is 14.5. The number of aromatic nitrogens is 1. The SMILES string of the molecule is CC1(C)CC(=O)N([C@H](c2cccnc2)[C@@H]2C[C@H]2C(=O)NC2CC(C)(C)Oc3c(F)cccc32)C(N)=N1.O=C(O)C(F)(F)F. The number of rotatable bonds is 5. The number of hydrogen-bond acceptors (Lipinski definition) is 7. The van der Waals surface area contributed by atoms with E-state index in [9.17, 15) is 27.2 Å². The minimum absolute atomic E-state index is 0.122. The van der Waals surface area contributed by atoms with Gasteiger partial charge in [-0.05, 0) is 57.7 Å². The average Bonchev–Trinajstić information content (AvgIpc) is 3.67. The Morgan fingerprint density at radius 1 is 1.19 bits per heavy atom. The van der Waals surface area contributed by atoms with Gasteiger partial charge in [0.1, 0.15) is 5.60 Å². The van der Waals surface area contributed by atoms with E-state index in [1.165, 1.54) is 11.0 Å². The molecule has 4 atom stereocenters. The van der Waals surface area contributed by atoms with Crippen LogP contribution in [0.5, 0.6) is 5.75 Å². The number of carboxylic acids is 1. The van der Waals surface area contributed by atoms with E-state index in [1.54, 1.807) is 30.6 Å². The molecule has 4 N–H and O–H groups in total. The van der Waals surface area contributed by atoms with Crippen molar-refractivity contribution >= 4 is 23.7 Å². The molecule has 2 aliphatic heterocycles. The molecule has 0 bridgehead atoms. The number of fused-ring (bicyclic) bond motifs is 1. The van der Waals surface area contributed by atoms with Gasteiger partial charge in [-0.15, -0.1) is 0 Å². The van der Waals surface area contributed by atoms with Gasteiger partial charge >= 0.3 is 12.1 Å². The number of carboxylic acid groups (broad SMARTS) is 1. The van der Waals surface area contributed by atoms with Crippen molar-refractivity contribution in [3.05, 3.63) is 59.7 Å². The van der Waals surface area contributed by atoms with Gasteiger partial charge in [-0.25, -0.2) is 14.2 Å². The molecule has 0 saturated heterocycles. The van der Waals surface area contributed by atoms with E-state index in [0.29, 0.717) is 18.4 Å². The van der Waals surface area contributed by atoms with Crippen LogP contribution >= 0.6 is 0 Å². The summed E-state index contributed by atoms with van der Waals surface area (Å²) in [4.78, 5) is 45.8. The molecule has 2 aromatic rings. The number of nitrogens with two attached hydrogens (primary N) is 1. The zero-order valence-corrected chi connectivity index (χ0v) is 24.0. The van der Waals surface area contributed by atoms with Gasteiger partial charge in [0.15, 0.2) is 17.5 Å². The van der Waals surface area contributed by atoms with Crippen LogP contribution in [0.1, 0.15) is 70.2 Å². The molecule has 3 aliphatic rings. The van der Waals surface area contributed by atoms with E-state index in [1.807, 2.05) is 33.8 Å². The number of carbonyl (C=O) groups excluding carboxylic acids is 2. The number of aliphatic imine (C=N–C) groups is 1. The van der Waals surface area contributed by atoms with Crippen molar-refractivity contribution in [2.24, 2.45) is 22.6 Å². The maximum Gasteiger partial charge on any atom is 0.490 e. The topological polar surface area (TPSA) is 147 Å². The molecule has 232 valence electrons. The number of halogens is 4. The van der Waals surface area contributed by atoms with Crippen LogP contribution in [0, 0.1) is 17.7 Å². The van der Waals surface area contributed by atoms with Crippen LogP contribution in [0.15, 0.2) is 47.7 Å². The Morgan fingerprint density at radius 3 is 2.44 bits per heavy atom. The van der Waals surface area contributed by atoms with Gasteiger partial charge in [-0.1, -0.05) is 18.2 Å². The summed E-state index contributed by atoms with van der Waals surface area (Å²) in [6.07, 6.45) is -0.377. The molecule has 1 aromatic carbocycles. The number of para-hydroxylation sites is 1. The second kappa shape index (κ2) is 11.5. The van der Waals surface area contributed by atoms with Crippen molar-refractivity contribution in [2.45, 2.75) is 76.4 Å². The van der Waals surface area contributed by atoms with Crippen molar-refractivity contribution in [1.82, 2.24) is 15.2 Å². The Kier molecular flexibility index (Phi) is 8.44. The predicted octanol–water partition coefficient (Wildman–Crippen LogP) is 4.28. The normalized spacial score (nSPS) is 24.3. The first-order chi connectivity index (χ1) is 19.9. The monoisotopic (exact) mass is 607 g/mol. The van der Waals surface area contributed by atoms with E-state index in [2.05, 4.69) is 15.3 Å². The molecule has 3 heterocycles. The number of ether oxygens (including phenoxy) is 1. The third-order valence-corrected chi connectivity index (χ3v) is 7.41. The molecule has 1 aromatic heterocycles. The van der Waals surface area contributed by atoms with E-state index in [0.717, 1.165) is 5.56 Å². The fourth-order valence-corrected chi connectivity index (χ4v) is 5.52. The lowest BCUT2D eigenvalue weighted by Crippen LogP contribution is -2.52.